The van der Waals surface area contributed by atoms with E-state index in [0.29, 0.717) is 60.0 Å². The maximum Gasteiger partial charge on any atom is 0.317 e. The molecule has 1 amide bonds. The number of amides is 1. The van der Waals surface area contributed by atoms with Crippen molar-refractivity contribution in [1.82, 2.24) is 44.2 Å². The Labute approximate surface area is 280 Å². The number of aromatic nitrogens is 8. The third-order valence-corrected chi connectivity index (χ3v) is 9.25. The van der Waals surface area contributed by atoms with Crippen molar-refractivity contribution < 1.29 is 23.4 Å². The molecule has 0 aliphatic carbocycles. The lowest BCUT2D eigenvalue weighted by atomic mass is 10.1. The zero-order valence-electron chi connectivity index (χ0n) is 27.3. The summed E-state index contributed by atoms with van der Waals surface area (Å²) >= 11 is 0. The SMILES string of the molecule is COc1cc(F)ccc1-n1ncc2c(N3C[C@@H]4C[C@H]3C(=O)N(C)C[C@H](OC)Cn3c(C)nc5cccc(c53)-c3ccnc(n3)O4)ncnc21. The number of likely N-dealkylation sites (N-methyl/N-ethyl adjacent to an activating group) is 1. The van der Waals surface area contributed by atoms with E-state index >= 15 is 0 Å². The van der Waals surface area contributed by atoms with E-state index in [1.807, 2.05) is 36.1 Å². The molecule has 250 valence electrons. The molecule has 4 bridgehead atoms. The maximum atomic E-state index is 14.4. The van der Waals surface area contributed by atoms with Crippen molar-refractivity contribution in [3.63, 3.8) is 0 Å². The lowest BCUT2D eigenvalue weighted by molar-refractivity contribution is -0.133. The van der Waals surface area contributed by atoms with Crippen LogP contribution in [0.4, 0.5) is 10.2 Å². The van der Waals surface area contributed by atoms with Crippen LogP contribution in [0.25, 0.3) is 39.0 Å². The van der Waals surface area contributed by atoms with Gasteiger partial charge in [0.2, 0.25) is 5.91 Å². The summed E-state index contributed by atoms with van der Waals surface area (Å²) in [5.41, 5.74) is 4.33. The van der Waals surface area contributed by atoms with Crippen LogP contribution in [0.2, 0.25) is 0 Å². The number of rotatable bonds is 4. The highest BCUT2D eigenvalue weighted by molar-refractivity contribution is 5.93. The monoisotopic (exact) mass is 664 g/mol. The van der Waals surface area contributed by atoms with Crippen molar-refractivity contribution in [2.24, 2.45) is 0 Å². The highest BCUT2D eigenvalue weighted by atomic mass is 19.1. The number of halogens is 1. The lowest BCUT2D eigenvalue weighted by Gasteiger charge is -2.30. The number of benzene rings is 2. The van der Waals surface area contributed by atoms with E-state index in [9.17, 15) is 9.18 Å². The number of imidazole rings is 1. The molecule has 14 nitrogen and oxygen atoms in total. The number of nitrogens with zero attached hydrogens (tertiary/aromatic N) is 10. The summed E-state index contributed by atoms with van der Waals surface area (Å²) in [6.45, 7) is 3.09. The Morgan fingerprint density at radius 3 is 2.73 bits per heavy atom. The van der Waals surface area contributed by atoms with Crippen molar-refractivity contribution in [2.75, 3.05) is 39.3 Å². The number of carbonyl (C=O) groups is 1. The van der Waals surface area contributed by atoms with Gasteiger partial charge in [-0.3, -0.25) is 4.79 Å². The lowest BCUT2D eigenvalue weighted by Crippen LogP contribution is -2.47. The van der Waals surface area contributed by atoms with Gasteiger partial charge in [-0.05, 0) is 31.2 Å². The maximum absolute atomic E-state index is 14.4. The second-order valence-electron chi connectivity index (χ2n) is 12.2. The summed E-state index contributed by atoms with van der Waals surface area (Å²) in [6.07, 6.45) is 4.32. The van der Waals surface area contributed by atoms with Gasteiger partial charge >= 0.3 is 6.01 Å². The first-order valence-corrected chi connectivity index (χ1v) is 15.9. The van der Waals surface area contributed by atoms with E-state index in [-0.39, 0.29) is 18.0 Å². The molecule has 2 aliphatic heterocycles. The van der Waals surface area contributed by atoms with Gasteiger partial charge in [-0.25, -0.2) is 29.0 Å². The number of fused-ring (bicyclic) bond motifs is 6. The molecule has 49 heavy (non-hydrogen) atoms. The van der Waals surface area contributed by atoms with Crippen LogP contribution in [0, 0.1) is 12.7 Å². The molecular formula is C34H33FN10O4. The van der Waals surface area contributed by atoms with Gasteiger partial charge in [0.05, 0.1) is 54.6 Å². The van der Waals surface area contributed by atoms with Crippen LogP contribution in [0.5, 0.6) is 11.8 Å². The highest BCUT2D eigenvalue weighted by Crippen LogP contribution is 2.35. The van der Waals surface area contributed by atoms with Crippen LogP contribution >= 0.6 is 0 Å². The fourth-order valence-corrected chi connectivity index (χ4v) is 6.90. The van der Waals surface area contributed by atoms with Crippen LogP contribution in [-0.2, 0) is 16.1 Å². The Hall–Kier alpha value is -5.70. The van der Waals surface area contributed by atoms with Gasteiger partial charge in [0.15, 0.2) is 5.65 Å². The smallest absolute Gasteiger partial charge is 0.317 e. The minimum atomic E-state index is -0.637. The molecular weight excluding hydrogens is 631 g/mol. The molecule has 1 saturated heterocycles. The first kappa shape index (κ1) is 30.6. The summed E-state index contributed by atoms with van der Waals surface area (Å²) in [4.78, 5) is 41.2. The second kappa shape index (κ2) is 12.1. The molecule has 6 heterocycles. The number of hydrogen-bond acceptors (Lipinski definition) is 11. The molecule has 15 heteroatoms. The van der Waals surface area contributed by atoms with Crippen molar-refractivity contribution in [3.8, 4) is 28.7 Å². The predicted octanol–water partition coefficient (Wildman–Crippen LogP) is 3.59. The second-order valence-corrected chi connectivity index (χ2v) is 12.2. The van der Waals surface area contributed by atoms with E-state index < -0.39 is 18.0 Å². The van der Waals surface area contributed by atoms with E-state index in [4.69, 9.17) is 24.2 Å². The number of aryl methyl sites for hydroxylation is 1. The van der Waals surface area contributed by atoms with Crippen molar-refractivity contribution in [1.29, 1.82) is 0 Å². The summed E-state index contributed by atoms with van der Waals surface area (Å²) in [6, 6.07) is 11.6. The van der Waals surface area contributed by atoms with Crippen LogP contribution in [0.15, 0.2) is 61.2 Å². The van der Waals surface area contributed by atoms with Crippen LogP contribution in [0.3, 0.4) is 0 Å². The minimum Gasteiger partial charge on any atom is -0.494 e. The van der Waals surface area contributed by atoms with E-state index in [1.54, 1.807) is 42.2 Å². The van der Waals surface area contributed by atoms with Gasteiger partial charge in [0.1, 0.15) is 47.4 Å². The molecule has 3 atom stereocenters. The van der Waals surface area contributed by atoms with E-state index in [2.05, 4.69) is 24.6 Å². The Morgan fingerprint density at radius 2 is 1.90 bits per heavy atom. The first-order valence-electron chi connectivity index (χ1n) is 15.9. The normalized spacial score (nSPS) is 19.6. The Balaban J connectivity index is 1.22. The van der Waals surface area contributed by atoms with Gasteiger partial charge in [-0.2, -0.15) is 10.1 Å². The summed E-state index contributed by atoms with van der Waals surface area (Å²) in [7, 11) is 4.90. The van der Waals surface area contributed by atoms with Gasteiger partial charge in [0, 0.05) is 44.9 Å². The number of carbonyl (C=O) groups excluding carboxylic acids is 1. The number of hydrogen-bond donors (Lipinski definition) is 0. The van der Waals surface area contributed by atoms with E-state index in [0.717, 1.165) is 22.4 Å². The molecule has 0 N–H and O–H groups in total. The molecule has 6 aromatic rings. The zero-order chi connectivity index (χ0) is 33.8. The quantitative estimate of drug-likeness (QED) is 0.273. The molecule has 2 aromatic carbocycles. The molecule has 0 saturated carbocycles. The third-order valence-electron chi connectivity index (χ3n) is 9.25. The molecule has 2 aliphatic rings. The average molecular weight is 665 g/mol. The number of methoxy groups -OCH3 is 2. The Bertz CT molecular complexity index is 2220. The first-order chi connectivity index (χ1) is 23.8. The topological polar surface area (TPSA) is 138 Å². The van der Waals surface area contributed by atoms with Gasteiger partial charge in [-0.1, -0.05) is 12.1 Å². The number of ether oxygens (including phenoxy) is 3. The molecule has 0 unspecified atom stereocenters. The average Bonchev–Trinajstić information content (AvgIpc) is 3.82. The zero-order valence-corrected chi connectivity index (χ0v) is 27.3. The fourth-order valence-electron chi connectivity index (χ4n) is 6.90. The van der Waals surface area contributed by atoms with E-state index in [1.165, 1.54) is 25.6 Å². The molecule has 0 spiro atoms. The number of para-hydroxylation sites is 1. The summed E-state index contributed by atoms with van der Waals surface area (Å²) in [5, 5.41) is 5.17. The Morgan fingerprint density at radius 1 is 1.02 bits per heavy atom. The van der Waals surface area contributed by atoms with Crippen LogP contribution in [-0.4, -0.2) is 103 Å². The fraction of sp³-hybridized carbons (Fsp3) is 0.324. The largest absolute Gasteiger partial charge is 0.494 e. The number of anilines is 1. The van der Waals surface area contributed by atoms with Crippen LogP contribution in [0.1, 0.15) is 12.2 Å². The Kier molecular flexibility index (Phi) is 7.55. The molecule has 8 rings (SSSR count). The van der Waals surface area contributed by atoms with Gasteiger partial charge < -0.3 is 28.6 Å². The highest BCUT2D eigenvalue weighted by Gasteiger charge is 2.42. The minimum absolute atomic E-state index is 0.120. The van der Waals surface area contributed by atoms with Crippen molar-refractivity contribution >= 4 is 33.8 Å². The van der Waals surface area contributed by atoms with Gasteiger partial charge in [-0.15, -0.1) is 0 Å². The summed E-state index contributed by atoms with van der Waals surface area (Å²) in [5.74, 6) is 1.08. The van der Waals surface area contributed by atoms with Gasteiger partial charge in [0.25, 0.3) is 0 Å². The third kappa shape index (κ3) is 5.26. The molecule has 0 radical (unpaired) electrons. The van der Waals surface area contributed by atoms with Crippen LogP contribution < -0.4 is 14.4 Å². The summed E-state index contributed by atoms with van der Waals surface area (Å²) < 4.78 is 35.5. The van der Waals surface area contributed by atoms with Crippen molar-refractivity contribution in [3.05, 3.63) is 72.8 Å². The molecule has 1 fully saturated rings. The molecule has 4 aromatic heterocycles. The van der Waals surface area contributed by atoms with Crippen molar-refractivity contribution in [2.45, 2.75) is 38.1 Å². The standard InChI is InChI=1S/C34H33FN10O4/c1-19-40-26-7-5-6-23-25-10-11-36-34(41-25)49-21-13-28(33(46)42(2)15-22(47-3)17-43(19)30(23)26)44(16-21)31-24-14-39-45(32(24)38-18-37-31)27-9-8-20(35)12-29(27)48-4/h5-12,14,18,21-22,28H,13,15-17H2,1-4H3/t21-,22-,28-/m0/s1. The predicted molar refractivity (Wildman–Crippen MR) is 177 cm³/mol.